The Bertz CT molecular complexity index is 222. The van der Waals surface area contributed by atoms with Crippen LogP contribution in [-0.2, 0) is 4.74 Å². The highest BCUT2D eigenvalue weighted by Crippen LogP contribution is 2.28. The van der Waals surface area contributed by atoms with Crippen molar-refractivity contribution in [3.63, 3.8) is 0 Å². The van der Waals surface area contributed by atoms with Gasteiger partial charge in [-0.1, -0.05) is 6.92 Å². The second kappa shape index (κ2) is 4.40. The van der Waals surface area contributed by atoms with Gasteiger partial charge in [0.15, 0.2) is 0 Å². The topological polar surface area (TPSA) is 41.5 Å². The van der Waals surface area contributed by atoms with Crippen molar-refractivity contribution in [1.82, 2.24) is 5.32 Å². The Morgan fingerprint density at radius 3 is 2.73 bits per heavy atom. The van der Waals surface area contributed by atoms with E-state index in [0.29, 0.717) is 19.2 Å². The molecule has 1 aliphatic carbocycles. The quantitative estimate of drug-likeness (QED) is 0.742. The molecular weight excluding hydrogens is 190 g/mol. The van der Waals surface area contributed by atoms with Crippen LogP contribution >= 0.6 is 0 Å². The lowest BCUT2D eigenvalue weighted by Gasteiger charge is -2.28. The summed E-state index contributed by atoms with van der Waals surface area (Å²) in [6.07, 6.45) is 4.58. The van der Waals surface area contributed by atoms with Crippen LogP contribution in [0.25, 0.3) is 0 Å². The summed E-state index contributed by atoms with van der Waals surface area (Å²) in [5.41, 5.74) is -0.633. The van der Waals surface area contributed by atoms with Crippen LogP contribution in [0, 0.1) is 5.92 Å². The highest BCUT2D eigenvalue weighted by molar-refractivity contribution is 4.93. The van der Waals surface area contributed by atoms with Crippen LogP contribution in [0.5, 0.6) is 0 Å². The predicted octanol–water partition coefficient (Wildman–Crippen LogP) is 1.30. The van der Waals surface area contributed by atoms with Gasteiger partial charge >= 0.3 is 0 Å². The van der Waals surface area contributed by atoms with Gasteiger partial charge in [-0.3, -0.25) is 0 Å². The standard InChI is InChI=1S/C12H23NO2/c1-9-3-4-11(7-9)13-8-12(14)5-6-15-10(12)2/h9-11,13-14H,3-8H2,1-2H3. The zero-order valence-corrected chi connectivity index (χ0v) is 9.83. The molecule has 0 aromatic heterocycles. The summed E-state index contributed by atoms with van der Waals surface area (Å²) in [7, 11) is 0. The summed E-state index contributed by atoms with van der Waals surface area (Å²) in [4.78, 5) is 0. The van der Waals surface area contributed by atoms with Crippen molar-refractivity contribution in [2.45, 2.75) is 57.3 Å². The average molecular weight is 213 g/mol. The molecule has 3 nitrogen and oxygen atoms in total. The Morgan fingerprint density at radius 1 is 1.40 bits per heavy atom. The molecule has 88 valence electrons. The number of rotatable bonds is 3. The van der Waals surface area contributed by atoms with Gasteiger partial charge in [0.25, 0.3) is 0 Å². The Balaban J connectivity index is 1.77. The average Bonchev–Trinajstić information content (AvgIpc) is 2.73. The minimum atomic E-state index is -0.633. The predicted molar refractivity (Wildman–Crippen MR) is 59.8 cm³/mol. The summed E-state index contributed by atoms with van der Waals surface area (Å²) in [6.45, 7) is 5.65. The number of aliphatic hydroxyl groups is 1. The number of ether oxygens (including phenoxy) is 1. The second-order valence-electron chi connectivity index (χ2n) is 5.36. The fraction of sp³-hybridized carbons (Fsp3) is 1.00. The molecule has 2 fully saturated rings. The van der Waals surface area contributed by atoms with E-state index in [1.54, 1.807) is 0 Å². The molecular formula is C12H23NO2. The van der Waals surface area contributed by atoms with Gasteiger partial charge < -0.3 is 15.2 Å². The van der Waals surface area contributed by atoms with E-state index in [9.17, 15) is 5.11 Å². The molecule has 0 radical (unpaired) electrons. The smallest absolute Gasteiger partial charge is 0.105 e. The van der Waals surface area contributed by atoms with Crippen LogP contribution in [0.1, 0.15) is 39.5 Å². The largest absolute Gasteiger partial charge is 0.386 e. The SMILES string of the molecule is CC1CCC(NCC2(O)CCOC2C)C1. The molecule has 1 saturated heterocycles. The van der Waals surface area contributed by atoms with Gasteiger partial charge in [0.05, 0.1) is 6.10 Å². The highest BCUT2D eigenvalue weighted by Gasteiger charge is 2.39. The first-order valence-corrected chi connectivity index (χ1v) is 6.17. The van der Waals surface area contributed by atoms with Crippen LogP contribution in [0.3, 0.4) is 0 Å². The van der Waals surface area contributed by atoms with E-state index in [0.717, 1.165) is 12.3 Å². The lowest BCUT2D eigenvalue weighted by atomic mass is 9.96. The Labute approximate surface area is 92.2 Å². The van der Waals surface area contributed by atoms with E-state index in [-0.39, 0.29) is 6.10 Å². The molecule has 4 atom stereocenters. The minimum absolute atomic E-state index is 0.0242. The maximum Gasteiger partial charge on any atom is 0.105 e. The van der Waals surface area contributed by atoms with E-state index in [4.69, 9.17) is 4.74 Å². The van der Waals surface area contributed by atoms with Crippen LogP contribution in [0.2, 0.25) is 0 Å². The van der Waals surface area contributed by atoms with Crippen molar-refractivity contribution in [1.29, 1.82) is 0 Å². The van der Waals surface area contributed by atoms with Crippen molar-refractivity contribution in [2.75, 3.05) is 13.2 Å². The molecule has 2 aliphatic rings. The molecule has 1 saturated carbocycles. The lowest BCUT2D eigenvalue weighted by Crippen LogP contribution is -2.48. The summed E-state index contributed by atoms with van der Waals surface area (Å²) in [5.74, 6) is 0.842. The number of nitrogens with one attached hydrogen (secondary N) is 1. The van der Waals surface area contributed by atoms with Crippen LogP contribution in [0.4, 0.5) is 0 Å². The van der Waals surface area contributed by atoms with Crippen molar-refractivity contribution in [3.05, 3.63) is 0 Å². The molecule has 2 rings (SSSR count). The van der Waals surface area contributed by atoms with Gasteiger partial charge in [-0.15, -0.1) is 0 Å². The molecule has 0 amide bonds. The van der Waals surface area contributed by atoms with Crippen LogP contribution < -0.4 is 5.32 Å². The van der Waals surface area contributed by atoms with E-state index in [1.165, 1.54) is 19.3 Å². The summed E-state index contributed by atoms with van der Waals surface area (Å²) < 4.78 is 5.41. The van der Waals surface area contributed by atoms with Gasteiger partial charge in [0, 0.05) is 25.6 Å². The molecule has 3 heteroatoms. The van der Waals surface area contributed by atoms with Crippen molar-refractivity contribution < 1.29 is 9.84 Å². The van der Waals surface area contributed by atoms with E-state index in [2.05, 4.69) is 12.2 Å². The van der Waals surface area contributed by atoms with E-state index >= 15 is 0 Å². The summed E-state index contributed by atoms with van der Waals surface area (Å²) in [5, 5.41) is 13.8. The molecule has 0 aromatic rings. The third-order valence-electron chi connectivity index (χ3n) is 4.05. The van der Waals surface area contributed by atoms with Crippen molar-refractivity contribution in [3.8, 4) is 0 Å². The molecule has 1 heterocycles. The molecule has 2 N–H and O–H groups in total. The molecule has 4 unspecified atom stereocenters. The van der Waals surface area contributed by atoms with Crippen molar-refractivity contribution in [2.24, 2.45) is 5.92 Å². The monoisotopic (exact) mass is 213 g/mol. The molecule has 1 aliphatic heterocycles. The van der Waals surface area contributed by atoms with Gasteiger partial charge in [0.1, 0.15) is 5.60 Å². The Kier molecular flexibility index (Phi) is 3.33. The summed E-state index contributed by atoms with van der Waals surface area (Å²) in [6, 6.07) is 0.608. The second-order valence-corrected chi connectivity index (χ2v) is 5.36. The molecule has 0 bridgehead atoms. The number of hydrogen-bond donors (Lipinski definition) is 2. The maximum absolute atomic E-state index is 10.3. The fourth-order valence-electron chi connectivity index (χ4n) is 2.72. The van der Waals surface area contributed by atoms with Gasteiger partial charge in [-0.25, -0.2) is 0 Å². The van der Waals surface area contributed by atoms with Gasteiger partial charge in [-0.05, 0) is 32.1 Å². The molecule has 0 aromatic carbocycles. The van der Waals surface area contributed by atoms with Crippen LogP contribution in [0.15, 0.2) is 0 Å². The molecule has 0 spiro atoms. The van der Waals surface area contributed by atoms with Crippen molar-refractivity contribution >= 4 is 0 Å². The first kappa shape index (κ1) is 11.4. The normalized spacial score (nSPS) is 46.2. The van der Waals surface area contributed by atoms with Gasteiger partial charge in [-0.2, -0.15) is 0 Å². The first-order chi connectivity index (χ1) is 7.10. The number of hydrogen-bond acceptors (Lipinski definition) is 3. The highest BCUT2D eigenvalue weighted by atomic mass is 16.5. The van der Waals surface area contributed by atoms with Gasteiger partial charge in [0.2, 0.25) is 0 Å². The lowest BCUT2D eigenvalue weighted by molar-refractivity contribution is -0.0276. The van der Waals surface area contributed by atoms with E-state index < -0.39 is 5.60 Å². The molecule has 15 heavy (non-hydrogen) atoms. The zero-order valence-electron chi connectivity index (χ0n) is 9.83. The Morgan fingerprint density at radius 2 is 2.20 bits per heavy atom. The first-order valence-electron chi connectivity index (χ1n) is 6.17. The zero-order chi connectivity index (χ0) is 10.9. The summed E-state index contributed by atoms with van der Waals surface area (Å²) >= 11 is 0. The fourth-order valence-corrected chi connectivity index (χ4v) is 2.72. The maximum atomic E-state index is 10.3. The van der Waals surface area contributed by atoms with E-state index in [1.807, 2.05) is 6.92 Å². The third kappa shape index (κ3) is 2.52. The Hall–Kier alpha value is -0.120. The minimum Gasteiger partial charge on any atom is -0.386 e. The van der Waals surface area contributed by atoms with Crippen LogP contribution in [-0.4, -0.2) is 36.0 Å². The third-order valence-corrected chi connectivity index (χ3v) is 4.05.